The van der Waals surface area contributed by atoms with Crippen molar-refractivity contribution in [2.45, 2.75) is 19.9 Å². The molecular weight excluding hydrogens is 255 g/mol. The average Bonchev–Trinajstić information content (AvgIpc) is 2.41. The smallest absolute Gasteiger partial charge is 0.252 e. The number of nitrogens with one attached hydrogen (secondary N) is 1. The fourth-order valence-electron chi connectivity index (χ4n) is 2.02. The van der Waals surface area contributed by atoms with E-state index in [0.29, 0.717) is 11.3 Å². The maximum Gasteiger partial charge on any atom is 0.252 e. The predicted octanol–water partition coefficient (Wildman–Crippen LogP) is 3.21. The molecule has 0 aliphatic rings. The van der Waals surface area contributed by atoms with Crippen molar-refractivity contribution in [3.63, 3.8) is 0 Å². The Hall–Kier alpha value is -2.36. The van der Waals surface area contributed by atoms with Gasteiger partial charge in [-0.05, 0) is 49.2 Å². The summed E-state index contributed by atoms with van der Waals surface area (Å²) in [6, 6.07) is 11.3. The van der Waals surface area contributed by atoms with Gasteiger partial charge in [0.2, 0.25) is 0 Å². The highest BCUT2D eigenvalue weighted by Gasteiger charge is 2.14. The molecule has 4 heteroatoms. The number of hydrogen-bond donors (Lipinski definition) is 2. The van der Waals surface area contributed by atoms with Gasteiger partial charge in [0, 0.05) is 11.3 Å². The Morgan fingerprint density at radius 3 is 2.70 bits per heavy atom. The van der Waals surface area contributed by atoms with E-state index in [0.717, 1.165) is 11.1 Å². The van der Waals surface area contributed by atoms with Crippen molar-refractivity contribution in [3.05, 3.63) is 65.0 Å². The number of aryl methyl sites for hydroxylation is 1. The van der Waals surface area contributed by atoms with E-state index < -0.39 is 5.82 Å². The lowest BCUT2D eigenvalue weighted by atomic mass is 10.1. The topological polar surface area (TPSA) is 55.1 Å². The number of anilines is 1. The molecule has 2 rings (SSSR count). The van der Waals surface area contributed by atoms with Gasteiger partial charge in [-0.25, -0.2) is 4.39 Å². The highest BCUT2D eigenvalue weighted by atomic mass is 19.1. The van der Waals surface area contributed by atoms with E-state index in [4.69, 9.17) is 5.73 Å². The number of rotatable bonds is 3. The van der Waals surface area contributed by atoms with Gasteiger partial charge in [-0.15, -0.1) is 0 Å². The molecule has 0 saturated heterocycles. The highest BCUT2D eigenvalue weighted by molar-refractivity contribution is 5.95. The summed E-state index contributed by atoms with van der Waals surface area (Å²) in [5, 5.41) is 2.85. The lowest BCUT2D eigenvalue weighted by molar-refractivity contribution is 0.0939. The minimum absolute atomic E-state index is 0.200. The lowest BCUT2D eigenvalue weighted by Crippen LogP contribution is -2.27. The molecule has 0 spiro atoms. The van der Waals surface area contributed by atoms with Crippen LogP contribution in [0.25, 0.3) is 0 Å². The average molecular weight is 272 g/mol. The molecule has 2 aromatic rings. The monoisotopic (exact) mass is 272 g/mol. The number of nitrogen functional groups attached to an aromatic ring is 1. The second kappa shape index (κ2) is 5.74. The minimum atomic E-state index is -0.419. The second-order valence-corrected chi connectivity index (χ2v) is 4.82. The van der Waals surface area contributed by atoms with Crippen molar-refractivity contribution in [1.29, 1.82) is 0 Å². The van der Waals surface area contributed by atoms with Gasteiger partial charge in [0.1, 0.15) is 5.82 Å². The Balaban J connectivity index is 2.17. The van der Waals surface area contributed by atoms with Crippen LogP contribution < -0.4 is 11.1 Å². The van der Waals surface area contributed by atoms with Crippen LogP contribution in [0.4, 0.5) is 10.1 Å². The molecule has 0 heterocycles. The van der Waals surface area contributed by atoms with E-state index >= 15 is 0 Å². The van der Waals surface area contributed by atoms with Crippen LogP contribution in [-0.2, 0) is 0 Å². The van der Waals surface area contributed by atoms with Gasteiger partial charge in [0.25, 0.3) is 5.91 Å². The first-order valence-corrected chi connectivity index (χ1v) is 6.40. The summed E-state index contributed by atoms with van der Waals surface area (Å²) in [6.07, 6.45) is 0. The van der Waals surface area contributed by atoms with Crippen LogP contribution in [-0.4, -0.2) is 5.91 Å². The molecule has 0 aliphatic heterocycles. The SMILES string of the molecule is Cc1ccc(F)cc1C(=O)NC(C)c1cccc(N)c1. The summed E-state index contributed by atoms with van der Waals surface area (Å²) in [5.74, 6) is -0.714. The Labute approximate surface area is 117 Å². The highest BCUT2D eigenvalue weighted by Crippen LogP contribution is 2.17. The number of halogens is 1. The van der Waals surface area contributed by atoms with Crippen molar-refractivity contribution in [2.24, 2.45) is 0 Å². The van der Waals surface area contributed by atoms with E-state index in [1.807, 2.05) is 25.1 Å². The Bertz CT molecular complexity index is 640. The third-order valence-electron chi connectivity index (χ3n) is 3.20. The minimum Gasteiger partial charge on any atom is -0.399 e. The molecule has 0 aliphatic carbocycles. The number of carbonyl (C=O) groups excluding carboxylic acids is 1. The Morgan fingerprint density at radius 2 is 2.00 bits per heavy atom. The number of benzene rings is 2. The van der Waals surface area contributed by atoms with Crippen LogP contribution in [0.3, 0.4) is 0 Å². The molecule has 0 aromatic heterocycles. The summed E-state index contributed by atoms with van der Waals surface area (Å²) in [7, 11) is 0. The zero-order chi connectivity index (χ0) is 14.7. The number of hydrogen-bond acceptors (Lipinski definition) is 2. The van der Waals surface area contributed by atoms with E-state index in [1.165, 1.54) is 12.1 Å². The zero-order valence-corrected chi connectivity index (χ0v) is 11.5. The van der Waals surface area contributed by atoms with E-state index in [1.54, 1.807) is 19.1 Å². The summed E-state index contributed by atoms with van der Waals surface area (Å²) in [4.78, 5) is 12.2. The first-order chi connectivity index (χ1) is 9.47. The van der Waals surface area contributed by atoms with E-state index in [2.05, 4.69) is 5.32 Å². The molecule has 0 fully saturated rings. The fourth-order valence-corrected chi connectivity index (χ4v) is 2.02. The first-order valence-electron chi connectivity index (χ1n) is 6.40. The van der Waals surface area contributed by atoms with Crippen molar-refractivity contribution in [2.75, 3.05) is 5.73 Å². The lowest BCUT2D eigenvalue weighted by Gasteiger charge is -2.15. The van der Waals surface area contributed by atoms with Crippen molar-refractivity contribution in [3.8, 4) is 0 Å². The van der Waals surface area contributed by atoms with Crippen molar-refractivity contribution >= 4 is 11.6 Å². The van der Waals surface area contributed by atoms with Crippen LogP contribution in [0.15, 0.2) is 42.5 Å². The molecule has 1 atom stereocenters. The molecular formula is C16H17FN2O. The molecule has 3 N–H and O–H groups in total. The van der Waals surface area contributed by atoms with Gasteiger partial charge in [-0.1, -0.05) is 18.2 Å². The molecule has 0 radical (unpaired) electrons. The van der Waals surface area contributed by atoms with Gasteiger partial charge in [-0.3, -0.25) is 4.79 Å². The number of carbonyl (C=O) groups is 1. The van der Waals surface area contributed by atoms with E-state index in [-0.39, 0.29) is 11.9 Å². The van der Waals surface area contributed by atoms with E-state index in [9.17, 15) is 9.18 Å². The summed E-state index contributed by atoms with van der Waals surface area (Å²) < 4.78 is 13.2. The van der Waals surface area contributed by atoms with Gasteiger partial charge < -0.3 is 11.1 Å². The molecule has 104 valence electrons. The van der Waals surface area contributed by atoms with Crippen LogP contribution in [0.5, 0.6) is 0 Å². The normalized spacial score (nSPS) is 11.9. The summed E-state index contributed by atoms with van der Waals surface area (Å²) in [6.45, 7) is 3.64. The van der Waals surface area contributed by atoms with Crippen LogP contribution in [0.2, 0.25) is 0 Å². The number of nitrogens with two attached hydrogens (primary N) is 1. The van der Waals surface area contributed by atoms with Crippen LogP contribution >= 0.6 is 0 Å². The van der Waals surface area contributed by atoms with Gasteiger partial charge in [0.15, 0.2) is 0 Å². The molecule has 0 bridgehead atoms. The van der Waals surface area contributed by atoms with Crippen LogP contribution in [0.1, 0.15) is 34.5 Å². The Morgan fingerprint density at radius 1 is 1.25 bits per heavy atom. The largest absolute Gasteiger partial charge is 0.399 e. The van der Waals surface area contributed by atoms with Crippen molar-refractivity contribution < 1.29 is 9.18 Å². The number of amides is 1. The molecule has 1 amide bonds. The quantitative estimate of drug-likeness (QED) is 0.843. The fraction of sp³-hybridized carbons (Fsp3) is 0.188. The maximum atomic E-state index is 13.2. The second-order valence-electron chi connectivity index (χ2n) is 4.82. The maximum absolute atomic E-state index is 13.2. The summed E-state index contributed by atoms with van der Waals surface area (Å²) in [5.41, 5.74) is 8.36. The van der Waals surface area contributed by atoms with Gasteiger partial charge in [0.05, 0.1) is 6.04 Å². The van der Waals surface area contributed by atoms with Gasteiger partial charge in [-0.2, -0.15) is 0 Å². The molecule has 0 saturated carbocycles. The third-order valence-corrected chi connectivity index (χ3v) is 3.20. The first kappa shape index (κ1) is 14.1. The molecule has 20 heavy (non-hydrogen) atoms. The van der Waals surface area contributed by atoms with Gasteiger partial charge >= 0.3 is 0 Å². The predicted molar refractivity (Wildman–Crippen MR) is 77.9 cm³/mol. The third kappa shape index (κ3) is 3.15. The van der Waals surface area contributed by atoms with Crippen molar-refractivity contribution in [1.82, 2.24) is 5.32 Å². The molecule has 1 unspecified atom stereocenters. The molecule has 2 aromatic carbocycles. The molecule has 3 nitrogen and oxygen atoms in total. The Kier molecular flexibility index (Phi) is 4.03. The summed E-state index contributed by atoms with van der Waals surface area (Å²) >= 11 is 0. The zero-order valence-electron chi connectivity index (χ0n) is 11.5. The van der Waals surface area contributed by atoms with Crippen LogP contribution in [0, 0.1) is 12.7 Å². The standard InChI is InChI=1S/C16H17FN2O/c1-10-6-7-13(17)9-15(10)16(20)19-11(2)12-4-3-5-14(18)8-12/h3-9,11H,18H2,1-2H3,(H,19,20).